The molecule has 8 nitrogen and oxygen atoms in total. The quantitative estimate of drug-likeness (QED) is 0.818. The van der Waals surface area contributed by atoms with Crippen LogP contribution in [0.2, 0.25) is 0 Å². The second kappa shape index (κ2) is 8.00. The van der Waals surface area contributed by atoms with Gasteiger partial charge in [0.2, 0.25) is 0 Å². The minimum Gasteiger partial charge on any atom is -0.497 e. The first kappa shape index (κ1) is 22.6. The lowest BCUT2D eigenvalue weighted by Crippen LogP contribution is -2.69. The number of hydrogen-bond acceptors (Lipinski definition) is 6. The lowest BCUT2D eigenvalue weighted by atomic mass is 9.82. The Hall–Kier alpha value is -2.64. The second-order valence-electron chi connectivity index (χ2n) is 9.11. The number of ether oxygens (including phenoxy) is 4. The maximum absolute atomic E-state index is 12.5. The van der Waals surface area contributed by atoms with Crippen molar-refractivity contribution in [2.75, 3.05) is 27.3 Å². The number of alkyl carbamates (subject to hydrolysis) is 1. The van der Waals surface area contributed by atoms with Crippen molar-refractivity contribution in [3.8, 4) is 11.5 Å². The van der Waals surface area contributed by atoms with Crippen LogP contribution >= 0.6 is 0 Å². The summed E-state index contributed by atoms with van der Waals surface area (Å²) >= 11 is 0. The van der Waals surface area contributed by atoms with Crippen molar-refractivity contribution in [2.24, 2.45) is 0 Å². The van der Waals surface area contributed by atoms with Crippen LogP contribution in [-0.2, 0) is 15.0 Å². The summed E-state index contributed by atoms with van der Waals surface area (Å²) in [5.74, 6) is 1.17. The van der Waals surface area contributed by atoms with E-state index in [9.17, 15) is 9.59 Å². The molecule has 1 aliphatic heterocycles. The average Bonchev–Trinajstić information content (AvgIpc) is 2.53. The van der Waals surface area contributed by atoms with Gasteiger partial charge in [-0.1, -0.05) is 0 Å². The molecule has 1 aromatic rings. The zero-order valence-corrected chi connectivity index (χ0v) is 18.5. The molecule has 1 heterocycles. The molecule has 0 spiro atoms. The number of likely N-dealkylation sites (tertiary alicyclic amines) is 1. The van der Waals surface area contributed by atoms with Gasteiger partial charge in [-0.25, -0.2) is 9.59 Å². The van der Waals surface area contributed by atoms with Crippen molar-refractivity contribution in [3.63, 3.8) is 0 Å². The van der Waals surface area contributed by atoms with Gasteiger partial charge in [0, 0.05) is 11.6 Å². The van der Waals surface area contributed by atoms with Crippen LogP contribution in [0.25, 0.3) is 0 Å². The molecule has 0 saturated carbocycles. The summed E-state index contributed by atoms with van der Waals surface area (Å²) in [6.07, 6.45) is -1.01. The zero-order valence-electron chi connectivity index (χ0n) is 18.5. The molecule has 0 atom stereocenters. The van der Waals surface area contributed by atoms with Gasteiger partial charge in [0.25, 0.3) is 0 Å². The lowest BCUT2D eigenvalue weighted by Gasteiger charge is -2.50. The van der Waals surface area contributed by atoms with E-state index in [1.54, 1.807) is 47.1 Å². The van der Waals surface area contributed by atoms with E-state index < -0.39 is 28.9 Å². The fourth-order valence-electron chi connectivity index (χ4n) is 3.07. The molecule has 8 heteroatoms. The molecule has 1 fully saturated rings. The smallest absolute Gasteiger partial charge is 0.410 e. The maximum Gasteiger partial charge on any atom is 0.410 e. The summed E-state index contributed by atoms with van der Waals surface area (Å²) < 4.78 is 21.7. The Bertz CT molecular complexity index is 757. The summed E-state index contributed by atoms with van der Waals surface area (Å²) in [4.78, 5) is 26.5. The SMILES string of the molecule is COc1ccc(C2(NC(=O)OC(C)(C)C)CN(C(=O)OC(C)(C)C)C2)c(OC)c1. The molecule has 1 aromatic carbocycles. The van der Waals surface area contributed by atoms with E-state index in [-0.39, 0.29) is 13.1 Å². The number of rotatable bonds is 4. The van der Waals surface area contributed by atoms with Gasteiger partial charge in [-0.15, -0.1) is 0 Å². The van der Waals surface area contributed by atoms with Crippen LogP contribution in [0.4, 0.5) is 9.59 Å². The predicted octanol–water partition coefficient (Wildman–Crippen LogP) is 3.67. The van der Waals surface area contributed by atoms with E-state index in [4.69, 9.17) is 18.9 Å². The Labute approximate surface area is 172 Å². The van der Waals surface area contributed by atoms with Crippen LogP contribution in [0, 0.1) is 0 Å². The highest BCUT2D eigenvalue weighted by atomic mass is 16.6. The van der Waals surface area contributed by atoms with E-state index in [0.29, 0.717) is 11.5 Å². The Morgan fingerprint density at radius 3 is 2.03 bits per heavy atom. The molecule has 0 bridgehead atoms. The first-order valence-electron chi connectivity index (χ1n) is 9.50. The molecular formula is C21H32N2O6. The third-order valence-corrected chi connectivity index (χ3v) is 4.24. The molecule has 162 valence electrons. The van der Waals surface area contributed by atoms with Gasteiger partial charge in [0.05, 0.1) is 27.3 Å². The molecule has 1 saturated heterocycles. The molecule has 0 aliphatic carbocycles. The van der Waals surface area contributed by atoms with Crippen LogP contribution in [0.3, 0.4) is 0 Å². The third-order valence-electron chi connectivity index (χ3n) is 4.24. The topological polar surface area (TPSA) is 86.3 Å². The average molecular weight is 408 g/mol. The number of carbonyl (C=O) groups is 2. The summed E-state index contributed by atoms with van der Waals surface area (Å²) in [6, 6.07) is 5.35. The predicted molar refractivity (Wildman–Crippen MR) is 108 cm³/mol. The van der Waals surface area contributed by atoms with Crippen molar-refractivity contribution in [1.82, 2.24) is 10.2 Å². The molecule has 0 aromatic heterocycles. The monoisotopic (exact) mass is 408 g/mol. The number of methoxy groups -OCH3 is 2. The van der Waals surface area contributed by atoms with Gasteiger partial charge in [-0.05, 0) is 53.7 Å². The largest absolute Gasteiger partial charge is 0.497 e. The summed E-state index contributed by atoms with van der Waals surface area (Å²) in [7, 11) is 3.11. The minimum absolute atomic E-state index is 0.226. The van der Waals surface area contributed by atoms with Crippen LogP contribution in [0.5, 0.6) is 11.5 Å². The van der Waals surface area contributed by atoms with E-state index in [1.165, 1.54) is 4.90 Å². The molecule has 1 aliphatic rings. The highest BCUT2D eigenvalue weighted by molar-refractivity contribution is 5.74. The van der Waals surface area contributed by atoms with Gasteiger partial charge in [0.15, 0.2) is 0 Å². The summed E-state index contributed by atoms with van der Waals surface area (Å²) in [6.45, 7) is 11.3. The number of carbonyl (C=O) groups excluding carboxylic acids is 2. The van der Waals surface area contributed by atoms with Gasteiger partial charge in [0.1, 0.15) is 28.2 Å². The molecule has 2 rings (SSSR count). The van der Waals surface area contributed by atoms with E-state index in [0.717, 1.165) is 5.56 Å². The van der Waals surface area contributed by atoms with Gasteiger partial charge < -0.3 is 29.2 Å². The lowest BCUT2D eigenvalue weighted by molar-refractivity contribution is -0.0235. The zero-order chi connectivity index (χ0) is 22.0. The van der Waals surface area contributed by atoms with Crippen molar-refractivity contribution < 1.29 is 28.5 Å². The van der Waals surface area contributed by atoms with E-state index >= 15 is 0 Å². The Balaban J connectivity index is 2.32. The molecule has 29 heavy (non-hydrogen) atoms. The molecule has 0 radical (unpaired) electrons. The first-order valence-corrected chi connectivity index (χ1v) is 9.50. The fraction of sp³-hybridized carbons (Fsp3) is 0.619. The molecule has 1 N–H and O–H groups in total. The molecule has 2 amide bonds. The third kappa shape index (κ3) is 5.68. The Kier molecular flexibility index (Phi) is 6.25. The molecule has 0 unspecified atom stereocenters. The van der Waals surface area contributed by atoms with Crippen LogP contribution in [0.1, 0.15) is 47.1 Å². The first-order chi connectivity index (χ1) is 13.3. The minimum atomic E-state index is -0.864. The van der Waals surface area contributed by atoms with Gasteiger partial charge >= 0.3 is 12.2 Å². The van der Waals surface area contributed by atoms with Crippen molar-refractivity contribution in [1.29, 1.82) is 0 Å². The number of benzene rings is 1. The highest BCUT2D eigenvalue weighted by Crippen LogP contribution is 2.40. The van der Waals surface area contributed by atoms with Crippen LogP contribution in [-0.4, -0.2) is 55.6 Å². The van der Waals surface area contributed by atoms with Gasteiger partial charge in [-0.2, -0.15) is 0 Å². The van der Waals surface area contributed by atoms with Crippen LogP contribution in [0.15, 0.2) is 18.2 Å². The molecular weight excluding hydrogens is 376 g/mol. The number of hydrogen-bond donors (Lipinski definition) is 1. The Morgan fingerprint density at radius 2 is 1.55 bits per heavy atom. The van der Waals surface area contributed by atoms with E-state index in [1.807, 2.05) is 26.8 Å². The fourth-order valence-corrected chi connectivity index (χ4v) is 3.07. The summed E-state index contributed by atoms with van der Waals surface area (Å²) in [5, 5.41) is 2.93. The van der Waals surface area contributed by atoms with Crippen molar-refractivity contribution in [3.05, 3.63) is 23.8 Å². The number of amides is 2. The number of nitrogens with one attached hydrogen (secondary N) is 1. The number of nitrogens with zero attached hydrogens (tertiary/aromatic N) is 1. The standard InChI is InChI=1S/C21H32N2O6/c1-19(2,3)28-17(24)22-21(12-23(13-21)18(25)29-20(4,5)6)15-10-9-14(26-7)11-16(15)27-8/h9-11H,12-13H2,1-8H3,(H,22,24). The summed E-state index contributed by atoms with van der Waals surface area (Å²) in [5.41, 5.74) is -1.39. The van der Waals surface area contributed by atoms with E-state index in [2.05, 4.69) is 5.32 Å². The van der Waals surface area contributed by atoms with Crippen LogP contribution < -0.4 is 14.8 Å². The second-order valence-corrected chi connectivity index (χ2v) is 9.11. The van der Waals surface area contributed by atoms with Crippen molar-refractivity contribution in [2.45, 2.75) is 58.3 Å². The maximum atomic E-state index is 12.5. The highest BCUT2D eigenvalue weighted by Gasteiger charge is 2.51. The van der Waals surface area contributed by atoms with Gasteiger partial charge in [-0.3, -0.25) is 0 Å². The van der Waals surface area contributed by atoms with Crippen molar-refractivity contribution >= 4 is 12.2 Å². The normalized spacial score (nSPS) is 15.8. The Morgan fingerprint density at radius 1 is 0.966 bits per heavy atom.